The number of hydrogen-bond acceptors (Lipinski definition) is 2. The summed E-state index contributed by atoms with van der Waals surface area (Å²) in [4.78, 5) is 9.41. The van der Waals surface area contributed by atoms with Crippen molar-refractivity contribution in [3.05, 3.63) is 0 Å². The highest BCUT2D eigenvalue weighted by Crippen LogP contribution is 2.42. The van der Waals surface area contributed by atoms with Crippen LogP contribution in [0.15, 0.2) is 9.98 Å². The standard InChI is InChI=1S/C20H40N2/c1-15(19(9,10)17(3,4)5)21-13-14-22-16(2)20(11,12)18(6,7)8/h13-16H,1-12H3/t15-,16-/m1/s1. The van der Waals surface area contributed by atoms with Gasteiger partial charge in [0.15, 0.2) is 0 Å². The van der Waals surface area contributed by atoms with Crippen LogP contribution in [-0.2, 0) is 0 Å². The predicted molar refractivity (Wildman–Crippen MR) is 102 cm³/mol. The van der Waals surface area contributed by atoms with Crippen molar-refractivity contribution in [2.24, 2.45) is 31.6 Å². The first-order valence-electron chi connectivity index (χ1n) is 8.60. The van der Waals surface area contributed by atoms with E-state index in [0.717, 1.165) is 0 Å². The molecule has 2 heteroatoms. The zero-order chi connectivity index (χ0) is 18.0. The maximum atomic E-state index is 4.70. The maximum Gasteiger partial charge on any atom is 0.0528 e. The van der Waals surface area contributed by atoms with Gasteiger partial charge < -0.3 is 0 Å². The lowest BCUT2D eigenvalue weighted by Crippen LogP contribution is -2.38. The first-order valence-corrected chi connectivity index (χ1v) is 8.60. The second-order valence-electron chi connectivity index (χ2n) is 9.89. The zero-order valence-corrected chi connectivity index (χ0v) is 17.2. The molecule has 0 aliphatic heterocycles. The molecule has 0 radical (unpaired) electrons. The fraction of sp³-hybridized carbons (Fsp3) is 0.900. The quantitative estimate of drug-likeness (QED) is 0.552. The smallest absolute Gasteiger partial charge is 0.0528 e. The minimum absolute atomic E-state index is 0.146. The summed E-state index contributed by atoms with van der Waals surface area (Å²) in [5.74, 6) is 0. The summed E-state index contributed by atoms with van der Waals surface area (Å²) in [6, 6.07) is 0.537. The van der Waals surface area contributed by atoms with E-state index < -0.39 is 0 Å². The zero-order valence-electron chi connectivity index (χ0n) is 17.2. The Bertz CT molecular complexity index is 360. The topological polar surface area (TPSA) is 24.7 Å². The van der Waals surface area contributed by atoms with Crippen LogP contribution in [0.2, 0.25) is 0 Å². The molecular formula is C20H40N2. The molecule has 0 fully saturated rings. The third-order valence-corrected chi connectivity index (χ3v) is 6.64. The van der Waals surface area contributed by atoms with E-state index in [1.165, 1.54) is 0 Å². The van der Waals surface area contributed by atoms with Gasteiger partial charge >= 0.3 is 0 Å². The lowest BCUT2D eigenvalue weighted by atomic mass is 9.65. The highest BCUT2D eigenvalue weighted by molar-refractivity contribution is 6.16. The van der Waals surface area contributed by atoms with Gasteiger partial charge in [-0.2, -0.15) is 0 Å². The van der Waals surface area contributed by atoms with Gasteiger partial charge in [-0.25, -0.2) is 0 Å². The lowest BCUT2D eigenvalue weighted by Gasteiger charge is -2.42. The molecule has 0 aliphatic carbocycles. The van der Waals surface area contributed by atoms with Gasteiger partial charge in [0.1, 0.15) is 0 Å². The molecule has 2 atom stereocenters. The minimum Gasteiger partial charge on any atom is -0.288 e. The van der Waals surface area contributed by atoms with Crippen molar-refractivity contribution in [3.8, 4) is 0 Å². The molecule has 0 aromatic carbocycles. The van der Waals surface area contributed by atoms with E-state index in [1.807, 2.05) is 12.4 Å². The lowest BCUT2D eigenvalue weighted by molar-refractivity contribution is 0.105. The fourth-order valence-electron chi connectivity index (χ4n) is 1.96. The van der Waals surface area contributed by atoms with E-state index >= 15 is 0 Å². The van der Waals surface area contributed by atoms with Gasteiger partial charge in [-0.3, -0.25) is 9.98 Å². The van der Waals surface area contributed by atoms with E-state index in [-0.39, 0.29) is 33.7 Å². The van der Waals surface area contributed by atoms with Gasteiger partial charge in [-0.1, -0.05) is 69.2 Å². The normalized spacial score (nSPS) is 18.2. The van der Waals surface area contributed by atoms with Crippen LogP contribution in [0.4, 0.5) is 0 Å². The molecule has 0 aromatic heterocycles. The van der Waals surface area contributed by atoms with Crippen molar-refractivity contribution in [1.29, 1.82) is 0 Å². The summed E-state index contributed by atoms with van der Waals surface area (Å²) in [5, 5.41) is 0. The summed E-state index contributed by atoms with van der Waals surface area (Å²) in [5.41, 5.74) is 0.742. The van der Waals surface area contributed by atoms with Crippen LogP contribution in [0, 0.1) is 21.7 Å². The Kier molecular flexibility index (Phi) is 6.64. The molecule has 0 heterocycles. The molecule has 22 heavy (non-hydrogen) atoms. The van der Waals surface area contributed by atoms with Gasteiger partial charge in [0.2, 0.25) is 0 Å². The number of rotatable bonds is 5. The summed E-state index contributed by atoms with van der Waals surface area (Å²) in [7, 11) is 0. The molecular weight excluding hydrogens is 268 g/mol. The molecule has 0 saturated heterocycles. The second-order valence-corrected chi connectivity index (χ2v) is 9.89. The Labute approximate surface area is 139 Å². The number of hydrogen-bond donors (Lipinski definition) is 0. The third kappa shape index (κ3) is 4.93. The molecule has 0 spiro atoms. The molecule has 0 saturated carbocycles. The SMILES string of the molecule is C[C@@H](N=CC=N[C@H](C)C(C)(C)C(C)(C)C)C(C)(C)C(C)(C)C. The Hall–Kier alpha value is -0.660. The van der Waals surface area contributed by atoms with E-state index in [2.05, 4.69) is 83.1 Å². The van der Waals surface area contributed by atoms with Crippen LogP contribution in [-0.4, -0.2) is 24.5 Å². The molecule has 0 unspecified atom stereocenters. The van der Waals surface area contributed by atoms with E-state index in [0.29, 0.717) is 0 Å². The molecule has 0 aromatic rings. The van der Waals surface area contributed by atoms with E-state index in [4.69, 9.17) is 9.98 Å². The molecule has 2 nitrogen and oxygen atoms in total. The van der Waals surface area contributed by atoms with Crippen LogP contribution in [0.5, 0.6) is 0 Å². The van der Waals surface area contributed by atoms with E-state index in [9.17, 15) is 0 Å². The predicted octanol–water partition coefficient (Wildman–Crippen LogP) is 6.05. The summed E-state index contributed by atoms with van der Waals surface area (Å²) < 4.78 is 0. The monoisotopic (exact) mass is 308 g/mol. The van der Waals surface area contributed by atoms with E-state index in [1.54, 1.807) is 0 Å². The maximum absolute atomic E-state index is 4.70. The van der Waals surface area contributed by atoms with Crippen LogP contribution in [0.25, 0.3) is 0 Å². The van der Waals surface area contributed by atoms with Crippen molar-refractivity contribution in [2.75, 3.05) is 0 Å². The summed E-state index contributed by atoms with van der Waals surface area (Å²) in [6.07, 6.45) is 3.76. The highest BCUT2D eigenvalue weighted by Gasteiger charge is 2.38. The minimum atomic E-state index is 0.146. The third-order valence-electron chi connectivity index (χ3n) is 6.64. The molecule has 0 N–H and O–H groups in total. The Morgan fingerprint density at radius 1 is 0.545 bits per heavy atom. The summed E-state index contributed by atoms with van der Waals surface area (Å²) >= 11 is 0. The van der Waals surface area contributed by atoms with Gasteiger partial charge in [0.25, 0.3) is 0 Å². The number of aliphatic imine (C=N–C) groups is 2. The first kappa shape index (κ1) is 21.3. The van der Waals surface area contributed by atoms with Crippen molar-refractivity contribution in [2.45, 2.75) is 95.2 Å². The van der Waals surface area contributed by atoms with Crippen molar-refractivity contribution >= 4 is 12.4 Å². The second kappa shape index (κ2) is 6.84. The average Bonchev–Trinajstić information content (AvgIpc) is 2.30. The Balaban J connectivity index is 4.89. The Morgan fingerprint density at radius 2 is 0.773 bits per heavy atom. The molecule has 0 bridgehead atoms. The first-order chi connectivity index (χ1) is 9.55. The van der Waals surface area contributed by atoms with Crippen molar-refractivity contribution in [1.82, 2.24) is 0 Å². The van der Waals surface area contributed by atoms with Gasteiger partial charge in [-0.15, -0.1) is 0 Å². The van der Waals surface area contributed by atoms with Crippen molar-refractivity contribution in [3.63, 3.8) is 0 Å². The van der Waals surface area contributed by atoms with Crippen LogP contribution < -0.4 is 0 Å². The average molecular weight is 309 g/mol. The largest absolute Gasteiger partial charge is 0.288 e. The Morgan fingerprint density at radius 3 is 0.955 bits per heavy atom. The van der Waals surface area contributed by atoms with Crippen LogP contribution in [0.3, 0.4) is 0 Å². The van der Waals surface area contributed by atoms with Crippen LogP contribution in [0.1, 0.15) is 83.1 Å². The highest BCUT2D eigenvalue weighted by atomic mass is 14.8. The van der Waals surface area contributed by atoms with Gasteiger partial charge in [-0.05, 0) is 35.5 Å². The fourth-order valence-corrected chi connectivity index (χ4v) is 1.96. The van der Waals surface area contributed by atoms with Crippen LogP contribution >= 0.6 is 0 Å². The summed E-state index contributed by atoms with van der Waals surface area (Å²) in [6.45, 7) is 27.2. The van der Waals surface area contributed by atoms with Crippen molar-refractivity contribution < 1.29 is 0 Å². The van der Waals surface area contributed by atoms with Gasteiger partial charge in [0, 0.05) is 12.4 Å². The molecule has 0 aliphatic rings. The van der Waals surface area contributed by atoms with Gasteiger partial charge in [0.05, 0.1) is 12.1 Å². The molecule has 130 valence electrons. The molecule has 0 amide bonds. The molecule has 0 rings (SSSR count). The number of nitrogens with zero attached hydrogens (tertiary/aromatic N) is 2.